The third kappa shape index (κ3) is 2.14. The van der Waals surface area contributed by atoms with Crippen molar-refractivity contribution in [3.63, 3.8) is 0 Å². The molecule has 0 saturated carbocycles. The zero-order valence-corrected chi connectivity index (χ0v) is 10.4. The summed E-state index contributed by atoms with van der Waals surface area (Å²) in [6.45, 7) is 0. The van der Waals surface area contributed by atoms with Crippen LogP contribution >= 0.6 is 0 Å². The number of benzene rings is 2. The first kappa shape index (κ1) is 12.0. The molecule has 1 heterocycles. The zero-order valence-electron chi connectivity index (χ0n) is 10.4. The Morgan fingerprint density at radius 1 is 0.650 bits per heavy atom. The SMILES string of the molecule is Oc1ccccc1C1=NNC(c2ccccc2O)=NN1. The molecule has 0 bridgehead atoms. The molecule has 0 atom stereocenters. The van der Waals surface area contributed by atoms with E-state index in [4.69, 9.17) is 0 Å². The van der Waals surface area contributed by atoms with Crippen LogP contribution in [0, 0.1) is 0 Å². The Morgan fingerprint density at radius 3 is 1.40 bits per heavy atom. The van der Waals surface area contributed by atoms with Crippen molar-refractivity contribution < 1.29 is 10.2 Å². The molecule has 2 aromatic rings. The number of hydrogen-bond acceptors (Lipinski definition) is 6. The largest absolute Gasteiger partial charge is 0.507 e. The average Bonchev–Trinajstić information content (AvgIpc) is 2.49. The number of nitrogens with zero attached hydrogens (tertiary/aromatic N) is 2. The first-order valence-electron chi connectivity index (χ1n) is 6.00. The number of phenolic OH excluding ortho intramolecular Hbond substituents is 2. The number of aromatic hydroxyl groups is 2. The second-order valence-corrected chi connectivity index (χ2v) is 4.18. The van der Waals surface area contributed by atoms with E-state index >= 15 is 0 Å². The lowest BCUT2D eigenvalue weighted by molar-refractivity contribution is 0.472. The third-order valence-electron chi connectivity index (χ3n) is 2.87. The minimum absolute atomic E-state index is 0.113. The molecule has 1 aliphatic rings. The molecule has 1 aliphatic heterocycles. The second kappa shape index (κ2) is 4.93. The van der Waals surface area contributed by atoms with Crippen LogP contribution in [-0.2, 0) is 0 Å². The molecule has 0 fully saturated rings. The van der Waals surface area contributed by atoms with E-state index in [2.05, 4.69) is 21.1 Å². The van der Waals surface area contributed by atoms with Gasteiger partial charge in [0.25, 0.3) is 0 Å². The van der Waals surface area contributed by atoms with E-state index < -0.39 is 0 Å². The average molecular weight is 268 g/mol. The number of amidine groups is 2. The van der Waals surface area contributed by atoms with E-state index in [1.165, 1.54) is 0 Å². The Balaban J connectivity index is 1.85. The fraction of sp³-hybridized carbons (Fsp3) is 0. The van der Waals surface area contributed by atoms with Gasteiger partial charge in [-0.1, -0.05) is 24.3 Å². The lowest BCUT2D eigenvalue weighted by atomic mass is 10.1. The molecule has 3 rings (SSSR count). The van der Waals surface area contributed by atoms with Crippen molar-refractivity contribution in [1.82, 2.24) is 10.9 Å². The first-order chi connectivity index (χ1) is 9.75. The normalized spacial score (nSPS) is 13.8. The maximum atomic E-state index is 9.75. The molecule has 6 heteroatoms. The lowest BCUT2D eigenvalue weighted by Crippen LogP contribution is -2.34. The molecule has 0 aromatic heterocycles. The number of rotatable bonds is 2. The van der Waals surface area contributed by atoms with Gasteiger partial charge in [-0.3, -0.25) is 10.9 Å². The molecule has 2 aromatic carbocycles. The highest BCUT2D eigenvalue weighted by Gasteiger charge is 2.15. The van der Waals surface area contributed by atoms with E-state index in [-0.39, 0.29) is 11.5 Å². The minimum atomic E-state index is 0.113. The Bertz CT molecular complexity index is 648. The highest BCUT2D eigenvalue weighted by Crippen LogP contribution is 2.18. The van der Waals surface area contributed by atoms with E-state index in [0.717, 1.165) is 0 Å². The third-order valence-corrected chi connectivity index (χ3v) is 2.87. The van der Waals surface area contributed by atoms with Gasteiger partial charge in [0.1, 0.15) is 11.5 Å². The summed E-state index contributed by atoms with van der Waals surface area (Å²) >= 11 is 0. The minimum Gasteiger partial charge on any atom is -0.507 e. The van der Waals surface area contributed by atoms with Crippen molar-refractivity contribution >= 4 is 11.7 Å². The molecule has 0 amide bonds. The summed E-state index contributed by atoms with van der Waals surface area (Å²) in [5, 5.41) is 27.7. The van der Waals surface area contributed by atoms with Crippen LogP contribution < -0.4 is 10.9 Å². The Hall–Kier alpha value is -3.02. The monoisotopic (exact) mass is 268 g/mol. The summed E-state index contributed by atoms with van der Waals surface area (Å²) < 4.78 is 0. The number of para-hydroxylation sites is 2. The van der Waals surface area contributed by atoms with Gasteiger partial charge in [-0.05, 0) is 24.3 Å². The van der Waals surface area contributed by atoms with Crippen molar-refractivity contribution in [3.05, 3.63) is 59.7 Å². The molecule has 20 heavy (non-hydrogen) atoms. The molecule has 6 nitrogen and oxygen atoms in total. The highest BCUT2D eigenvalue weighted by atomic mass is 16.3. The fourth-order valence-electron chi connectivity index (χ4n) is 1.86. The van der Waals surface area contributed by atoms with Crippen molar-refractivity contribution in [1.29, 1.82) is 0 Å². The van der Waals surface area contributed by atoms with Crippen LogP contribution in [0.25, 0.3) is 0 Å². The van der Waals surface area contributed by atoms with Crippen LogP contribution in [0.4, 0.5) is 0 Å². The van der Waals surface area contributed by atoms with Gasteiger partial charge in [-0.15, -0.1) is 0 Å². The molecular formula is C14H12N4O2. The molecule has 4 N–H and O–H groups in total. The van der Waals surface area contributed by atoms with Gasteiger partial charge < -0.3 is 10.2 Å². The van der Waals surface area contributed by atoms with Crippen molar-refractivity contribution in [3.8, 4) is 11.5 Å². The molecule has 0 saturated heterocycles. The zero-order chi connectivity index (χ0) is 13.9. The van der Waals surface area contributed by atoms with Gasteiger partial charge >= 0.3 is 0 Å². The summed E-state index contributed by atoms with van der Waals surface area (Å²) in [5.41, 5.74) is 6.60. The van der Waals surface area contributed by atoms with Gasteiger partial charge in [0.05, 0.1) is 11.1 Å². The summed E-state index contributed by atoms with van der Waals surface area (Å²) in [7, 11) is 0. The standard InChI is InChI=1S/C14H12N4O2/c19-11-7-3-1-5-9(11)13-15-17-14(18-16-13)10-6-2-4-8-12(10)20/h1-8,19-20H,(H,15,16)(H,17,18). The lowest BCUT2D eigenvalue weighted by Gasteiger charge is -2.16. The summed E-state index contributed by atoms with van der Waals surface area (Å²) in [6.07, 6.45) is 0. The molecule has 0 spiro atoms. The van der Waals surface area contributed by atoms with Crippen LogP contribution in [0.1, 0.15) is 11.1 Å². The molecule has 0 unspecified atom stereocenters. The van der Waals surface area contributed by atoms with Crippen LogP contribution in [-0.4, -0.2) is 21.9 Å². The van der Waals surface area contributed by atoms with E-state index in [9.17, 15) is 10.2 Å². The van der Waals surface area contributed by atoms with E-state index in [1.54, 1.807) is 48.5 Å². The highest BCUT2D eigenvalue weighted by molar-refractivity contribution is 6.07. The van der Waals surface area contributed by atoms with E-state index in [0.29, 0.717) is 22.8 Å². The Morgan fingerprint density at radius 2 is 1.05 bits per heavy atom. The number of hydrazone groups is 2. The number of hydrogen-bond donors (Lipinski definition) is 4. The fourth-order valence-corrected chi connectivity index (χ4v) is 1.86. The van der Waals surface area contributed by atoms with Gasteiger partial charge in [-0.2, -0.15) is 10.2 Å². The number of phenols is 2. The van der Waals surface area contributed by atoms with E-state index in [1.807, 2.05) is 0 Å². The molecule has 100 valence electrons. The van der Waals surface area contributed by atoms with Crippen molar-refractivity contribution in [2.24, 2.45) is 10.2 Å². The molecule has 0 aliphatic carbocycles. The Kier molecular flexibility index (Phi) is 2.96. The number of nitrogens with one attached hydrogen (secondary N) is 2. The van der Waals surface area contributed by atoms with Crippen molar-refractivity contribution in [2.45, 2.75) is 0 Å². The van der Waals surface area contributed by atoms with Gasteiger partial charge in [0.2, 0.25) is 0 Å². The van der Waals surface area contributed by atoms with Crippen molar-refractivity contribution in [2.75, 3.05) is 0 Å². The second-order valence-electron chi connectivity index (χ2n) is 4.18. The molecule has 0 radical (unpaired) electrons. The first-order valence-corrected chi connectivity index (χ1v) is 6.00. The van der Waals surface area contributed by atoms with Crippen LogP contribution in [0.3, 0.4) is 0 Å². The van der Waals surface area contributed by atoms with Crippen LogP contribution in [0.15, 0.2) is 58.7 Å². The maximum absolute atomic E-state index is 9.75. The topological polar surface area (TPSA) is 89.2 Å². The van der Waals surface area contributed by atoms with Crippen LogP contribution in [0.2, 0.25) is 0 Å². The summed E-state index contributed by atoms with van der Waals surface area (Å²) in [5.74, 6) is 1.04. The summed E-state index contributed by atoms with van der Waals surface area (Å²) in [4.78, 5) is 0. The molecular weight excluding hydrogens is 256 g/mol. The quantitative estimate of drug-likeness (QED) is 0.661. The summed E-state index contributed by atoms with van der Waals surface area (Å²) in [6, 6.07) is 13.6. The van der Waals surface area contributed by atoms with Gasteiger partial charge in [-0.25, -0.2) is 0 Å². The van der Waals surface area contributed by atoms with Gasteiger partial charge in [0.15, 0.2) is 11.7 Å². The Labute approximate surface area is 115 Å². The predicted octanol–water partition coefficient (Wildman–Crippen LogP) is 1.31. The smallest absolute Gasteiger partial charge is 0.177 e. The maximum Gasteiger partial charge on any atom is 0.177 e. The van der Waals surface area contributed by atoms with Gasteiger partial charge in [0, 0.05) is 0 Å². The van der Waals surface area contributed by atoms with Crippen LogP contribution in [0.5, 0.6) is 11.5 Å². The predicted molar refractivity (Wildman–Crippen MR) is 75.6 cm³/mol.